The third kappa shape index (κ3) is 4.25. The molecule has 0 aliphatic rings. The Hall–Kier alpha value is -2.93. The van der Waals surface area contributed by atoms with Crippen LogP contribution in [0.2, 0.25) is 0 Å². The first-order valence-electron chi connectivity index (χ1n) is 8.99. The Morgan fingerprint density at radius 1 is 1.26 bits per heavy atom. The van der Waals surface area contributed by atoms with Gasteiger partial charge in [0.2, 0.25) is 0 Å². The van der Waals surface area contributed by atoms with Crippen LogP contribution < -0.4 is 10.6 Å². The van der Waals surface area contributed by atoms with Gasteiger partial charge in [0.05, 0.1) is 22.3 Å². The predicted molar refractivity (Wildman–Crippen MR) is 106 cm³/mol. The van der Waals surface area contributed by atoms with Crippen molar-refractivity contribution in [1.29, 1.82) is 0 Å². The van der Waals surface area contributed by atoms with E-state index < -0.39 is 0 Å². The monoisotopic (exact) mass is 367 g/mol. The topological polar surface area (TPSA) is 81.1 Å². The predicted octanol–water partition coefficient (Wildman–Crippen LogP) is 2.66. The molecule has 0 spiro atoms. The number of rotatable bonds is 8. The van der Waals surface area contributed by atoms with Crippen molar-refractivity contribution in [2.75, 3.05) is 25.6 Å². The van der Waals surface area contributed by atoms with Crippen molar-refractivity contribution < 1.29 is 9.53 Å². The fourth-order valence-electron chi connectivity index (χ4n) is 3.07. The van der Waals surface area contributed by atoms with Gasteiger partial charge < -0.3 is 15.4 Å². The maximum Gasteiger partial charge on any atom is 0.254 e. The molecule has 3 aromatic rings. The van der Waals surface area contributed by atoms with Gasteiger partial charge in [-0.1, -0.05) is 30.3 Å². The summed E-state index contributed by atoms with van der Waals surface area (Å²) in [4.78, 5) is 17.2. The van der Waals surface area contributed by atoms with E-state index in [0.29, 0.717) is 25.3 Å². The maximum absolute atomic E-state index is 12.7. The Bertz CT molecular complexity index is 921. The minimum Gasteiger partial charge on any atom is -0.385 e. The molecular formula is C20H25N5O2. The average Bonchev–Trinajstić information content (AvgIpc) is 2.98. The van der Waals surface area contributed by atoms with E-state index in [4.69, 9.17) is 4.74 Å². The summed E-state index contributed by atoms with van der Waals surface area (Å²) in [6.07, 6.45) is 2.37. The van der Waals surface area contributed by atoms with Crippen LogP contribution in [0.15, 0.2) is 36.5 Å². The summed E-state index contributed by atoms with van der Waals surface area (Å²) in [5.74, 6) is -0.153. The second-order valence-corrected chi connectivity index (χ2v) is 6.40. The summed E-state index contributed by atoms with van der Waals surface area (Å²) in [7, 11) is 3.50. The molecule has 0 fully saturated rings. The van der Waals surface area contributed by atoms with E-state index >= 15 is 0 Å². The number of benzene rings is 1. The third-order valence-corrected chi connectivity index (χ3v) is 4.39. The number of hydrogen-bond acceptors (Lipinski definition) is 5. The first-order valence-corrected chi connectivity index (χ1v) is 8.99. The summed E-state index contributed by atoms with van der Waals surface area (Å²) >= 11 is 0. The third-order valence-electron chi connectivity index (χ3n) is 4.39. The molecule has 27 heavy (non-hydrogen) atoms. The van der Waals surface area contributed by atoms with Gasteiger partial charge in [-0.15, -0.1) is 0 Å². The smallest absolute Gasteiger partial charge is 0.254 e. The van der Waals surface area contributed by atoms with Crippen LogP contribution in [-0.4, -0.2) is 40.9 Å². The SMILES string of the molecule is COCCCNC(=O)c1cnc2c(c(C)nn2C)c1NCc1ccccc1. The number of pyridine rings is 1. The molecule has 0 unspecified atom stereocenters. The van der Waals surface area contributed by atoms with Crippen molar-refractivity contribution >= 4 is 22.6 Å². The second-order valence-electron chi connectivity index (χ2n) is 6.40. The molecule has 0 saturated heterocycles. The molecule has 2 heterocycles. The van der Waals surface area contributed by atoms with Crippen LogP contribution in [0.5, 0.6) is 0 Å². The van der Waals surface area contributed by atoms with Gasteiger partial charge in [-0.05, 0) is 18.9 Å². The first-order chi connectivity index (χ1) is 13.1. The molecule has 2 aromatic heterocycles. The van der Waals surface area contributed by atoms with Crippen LogP contribution in [-0.2, 0) is 18.3 Å². The molecule has 0 bridgehead atoms. The van der Waals surface area contributed by atoms with Crippen LogP contribution >= 0.6 is 0 Å². The molecule has 3 rings (SSSR count). The summed E-state index contributed by atoms with van der Waals surface area (Å²) in [6, 6.07) is 10.1. The molecule has 0 atom stereocenters. The van der Waals surface area contributed by atoms with Crippen molar-refractivity contribution in [2.24, 2.45) is 7.05 Å². The molecule has 0 radical (unpaired) electrons. The van der Waals surface area contributed by atoms with Crippen LogP contribution in [0.4, 0.5) is 5.69 Å². The van der Waals surface area contributed by atoms with E-state index in [2.05, 4.69) is 20.7 Å². The largest absolute Gasteiger partial charge is 0.385 e. The minimum absolute atomic E-state index is 0.153. The zero-order chi connectivity index (χ0) is 19.2. The maximum atomic E-state index is 12.7. The van der Waals surface area contributed by atoms with Gasteiger partial charge >= 0.3 is 0 Å². The molecule has 7 heteroatoms. The lowest BCUT2D eigenvalue weighted by Crippen LogP contribution is -2.26. The molecule has 0 aliphatic heterocycles. The highest BCUT2D eigenvalue weighted by Crippen LogP contribution is 2.29. The first kappa shape index (κ1) is 18.8. The Labute approximate surface area is 158 Å². The van der Waals surface area contributed by atoms with E-state index in [1.165, 1.54) is 0 Å². The number of aromatic nitrogens is 3. The number of aryl methyl sites for hydroxylation is 2. The van der Waals surface area contributed by atoms with Crippen molar-refractivity contribution in [2.45, 2.75) is 19.9 Å². The number of carbonyl (C=O) groups excluding carboxylic acids is 1. The second kappa shape index (κ2) is 8.64. The highest BCUT2D eigenvalue weighted by atomic mass is 16.5. The van der Waals surface area contributed by atoms with E-state index in [1.54, 1.807) is 18.0 Å². The summed E-state index contributed by atoms with van der Waals surface area (Å²) in [5, 5.41) is 11.7. The zero-order valence-electron chi connectivity index (χ0n) is 16.0. The number of hydrogen-bond donors (Lipinski definition) is 2. The van der Waals surface area contributed by atoms with E-state index in [9.17, 15) is 4.79 Å². The fraction of sp³-hybridized carbons (Fsp3) is 0.350. The van der Waals surface area contributed by atoms with Gasteiger partial charge in [0, 0.05) is 40.1 Å². The minimum atomic E-state index is -0.153. The Morgan fingerprint density at radius 2 is 2.04 bits per heavy atom. The fourth-order valence-corrected chi connectivity index (χ4v) is 3.07. The standard InChI is InChI=1S/C20H25N5O2/c1-14-17-18(22-12-15-8-5-4-6-9-15)16(13-23-19(17)25(2)24-14)20(26)21-10-7-11-27-3/h4-6,8-9,13H,7,10-12H2,1-3H3,(H,21,26)(H,22,23). The van der Waals surface area contributed by atoms with E-state index in [-0.39, 0.29) is 5.91 Å². The van der Waals surface area contributed by atoms with Gasteiger partial charge in [0.15, 0.2) is 5.65 Å². The Kier molecular flexibility index (Phi) is 6.03. The molecule has 0 saturated carbocycles. The number of ether oxygens (including phenoxy) is 1. The molecule has 0 aliphatic carbocycles. The molecular weight excluding hydrogens is 342 g/mol. The van der Waals surface area contributed by atoms with Crippen molar-refractivity contribution in [3.63, 3.8) is 0 Å². The molecule has 142 valence electrons. The molecule has 1 amide bonds. The highest BCUT2D eigenvalue weighted by Gasteiger charge is 2.19. The Balaban J connectivity index is 1.92. The number of methoxy groups -OCH3 is 1. The van der Waals surface area contributed by atoms with Crippen molar-refractivity contribution in [1.82, 2.24) is 20.1 Å². The lowest BCUT2D eigenvalue weighted by molar-refractivity contribution is 0.0949. The molecule has 7 nitrogen and oxygen atoms in total. The average molecular weight is 367 g/mol. The number of nitrogens with one attached hydrogen (secondary N) is 2. The number of amides is 1. The lowest BCUT2D eigenvalue weighted by Gasteiger charge is -2.14. The van der Waals surface area contributed by atoms with Crippen LogP contribution in [0, 0.1) is 6.92 Å². The Morgan fingerprint density at radius 3 is 2.78 bits per heavy atom. The highest BCUT2D eigenvalue weighted by molar-refractivity contribution is 6.07. The summed E-state index contributed by atoms with van der Waals surface area (Å²) in [6.45, 7) is 3.70. The van der Waals surface area contributed by atoms with Crippen LogP contribution in [0.25, 0.3) is 11.0 Å². The van der Waals surface area contributed by atoms with Gasteiger partial charge in [-0.2, -0.15) is 5.10 Å². The van der Waals surface area contributed by atoms with Gasteiger partial charge in [0.1, 0.15) is 0 Å². The number of fused-ring (bicyclic) bond motifs is 1. The van der Waals surface area contributed by atoms with Crippen LogP contribution in [0.3, 0.4) is 0 Å². The molecule has 2 N–H and O–H groups in total. The van der Waals surface area contributed by atoms with Crippen molar-refractivity contribution in [3.05, 3.63) is 53.3 Å². The zero-order valence-corrected chi connectivity index (χ0v) is 16.0. The normalized spacial score (nSPS) is 10.9. The van der Waals surface area contributed by atoms with E-state index in [1.807, 2.05) is 44.3 Å². The summed E-state index contributed by atoms with van der Waals surface area (Å²) < 4.78 is 6.76. The van der Waals surface area contributed by atoms with Gasteiger partial charge in [-0.3, -0.25) is 9.48 Å². The number of carbonyl (C=O) groups is 1. The molecule has 1 aromatic carbocycles. The summed E-state index contributed by atoms with van der Waals surface area (Å²) in [5.41, 5.74) is 4.00. The lowest BCUT2D eigenvalue weighted by atomic mass is 10.1. The van der Waals surface area contributed by atoms with Crippen molar-refractivity contribution in [3.8, 4) is 0 Å². The number of nitrogens with zero attached hydrogens (tertiary/aromatic N) is 3. The van der Waals surface area contributed by atoms with E-state index in [0.717, 1.165) is 34.4 Å². The van der Waals surface area contributed by atoms with Gasteiger partial charge in [-0.25, -0.2) is 4.98 Å². The quantitative estimate of drug-likeness (QED) is 0.598. The van der Waals surface area contributed by atoms with Crippen LogP contribution in [0.1, 0.15) is 28.0 Å². The van der Waals surface area contributed by atoms with Gasteiger partial charge in [0.25, 0.3) is 5.91 Å². The number of anilines is 1.